The van der Waals surface area contributed by atoms with Gasteiger partial charge < -0.3 is 15.0 Å². The van der Waals surface area contributed by atoms with Crippen LogP contribution >= 0.6 is 0 Å². The van der Waals surface area contributed by atoms with E-state index >= 15 is 0 Å². The molecule has 0 bridgehead atoms. The molecule has 0 spiro atoms. The Bertz CT molecular complexity index is 1420. The maximum atomic E-state index is 14.2. The lowest BCUT2D eigenvalue weighted by molar-refractivity contribution is 0.0803. The molecule has 0 radical (unpaired) electrons. The predicted molar refractivity (Wildman–Crippen MR) is 146 cm³/mol. The Labute approximate surface area is 223 Å². The van der Waals surface area contributed by atoms with Crippen LogP contribution in [0.1, 0.15) is 49.5 Å². The Balaban J connectivity index is 1.34. The van der Waals surface area contributed by atoms with E-state index < -0.39 is 20.9 Å². The van der Waals surface area contributed by atoms with Crippen molar-refractivity contribution in [1.82, 2.24) is 15.3 Å². The molecule has 10 heteroatoms. The second-order valence-electron chi connectivity index (χ2n) is 10.3. The summed E-state index contributed by atoms with van der Waals surface area (Å²) < 4.78 is 51.1. The van der Waals surface area contributed by atoms with E-state index in [9.17, 15) is 12.8 Å². The number of hydrogen-bond donors (Lipinski definition) is 1. The van der Waals surface area contributed by atoms with Gasteiger partial charge in [-0.1, -0.05) is 49.4 Å². The van der Waals surface area contributed by atoms with Crippen molar-refractivity contribution in [1.29, 1.82) is 0 Å². The van der Waals surface area contributed by atoms with Crippen LogP contribution in [0.25, 0.3) is 11.1 Å². The van der Waals surface area contributed by atoms with Gasteiger partial charge in [-0.25, -0.2) is 22.8 Å². The largest absolute Gasteiger partial charge is 0.472 e. The maximum Gasteiger partial charge on any atom is 0.267 e. The lowest BCUT2D eigenvalue weighted by Crippen LogP contribution is -2.44. The Morgan fingerprint density at radius 1 is 1.05 bits per heavy atom. The van der Waals surface area contributed by atoms with Gasteiger partial charge in [-0.2, -0.15) is 0 Å². The minimum absolute atomic E-state index is 0.0975. The third-order valence-corrected chi connectivity index (χ3v) is 8.93. The van der Waals surface area contributed by atoms with E-state index in [0.29, 0.717) is 17.1 Å². The van der Waals surface area contributed by atoms with Gasteiger partial charge in [-0.3, -0.25) is 0 Å². The van der Waals surface area contributed by atoms with Crippen LogP contribution in [-0.4, -0.2) is 56.1 Å². The summed E-state index contributed by atoms with van der Waals surface area (Å²) in [4.78, 5) is 11.2. The summed E-state index contributed by atoms with van der Waals surface area (Å²) in [5.74, 6) is 0.176. The van der Waals surface area contributed by atoms with Crippen molar-refractivity contribution < 1.29 is 17.5 Å². The molecule has 1 saturated heterocycles. The summed E-state index contributed by atoms with van der Waals surface area (Å²) in [6.45, 7) is 8.87. The third kappa shape index (κ3) is 5.42. The van der Waals surface area contributed by atoms with Gasteiger partial charge in [0.05, 0.1) is 0 Å². The molecule has 38 heavy (non-hydrogen) atoms. The first-order valence-electron chi connectivity index (χ1n) is 12.8. The van der Waals surface area contributed by atoms with Crippen molar-refractivity contribution in [2.24, 2.45) is 4.40 Å². The molecule has 1 unspecified atom stereocenters. The number of benzene rings is 2. The molecule has 1 aromatic heterocycles. The predicted octanol–water partition coefficient (Wildman–Crippen LogP) is 4.46. The molecule has 0 amide bonds. The summed E-state index contributed by atoms with van der Waals surface area (Å²) in [7, 11) is -3.93. The van der Waals surface area contributed by atoms with E-state index in [4.69, 9.17) is 4.74 Å². The van der Waals surface area contributed by atoms with Crippen molar-refractivity contribution in [2.75, 3.05) is 31.1 Å². The Kier molecular flexibility index (Phi) is 7.19. The molecule has 5 rings (SSSR count). The highest BCUT2D eigenvalue weighted by Gasteiger charge is 2.47. The van der Waals surface area contributed by atoms with Gasteiger partial charge in [0.1, 0.15) is 16.7 Å². The molecule has 2 atom stereocenters. The van der Waals surface area contributed by atoms with Crippen molar-refractivity contribution in [2.45, 2.75) is 44.0 Å². The van der Waals surface area contributed by atoms with E-state index in [1.54, 1.807) is 56.6 Å². The normalized spacial score (nSPS) is 21.3. The summed E-state index contributed by atoms with van der Waals surface area (Å²) in [5, 5.41) is 2.33. The van der Waals surface area contributed by atoms with Crippen molar-refractivity contribution in [3.8, 4) is 11.1 Å². The summed E-state index contributed by atoms with van der Waals surface area (Å²) in [6.07, 6.45) is 3.76. The second kappa shape index (κ2) is 10.4. The van der Waals surface area contributed by atoms with Crippen LogP contribution in [0.2, 0.25) is 0 Å². The fraction of sp³-hybridized carbons (Fsp3) is 0.393. The second-order valence-corrected chi connectivity index (χ2v) is 12.0. The molecule has 3 aromatic rings. The van der Waals surface area contributed by atoms with E-state index in [1.165, 1.54) is 6.07 Å². The van der Waals surface area contributed by atoms with Gasteiger partial charge in [0.15, 0.2) is 0 Å². The first-order chi connectivity index (χ1) is 18.1. The highest BCUT2D eigenvalue weighted by Crippen LogP contribution is 2.42. The lowest BCUT2D eigenvalue weighted by Gasteiger charge is -2.37. The van der Waals surface area contributed by atoms with E-state index in [1.807, 2.05) is 19.1 Å². The molecule has 2 aromatic carbocycles. The molecule has 200 valence electrons. The molecule has 2 aliphatic heterocycles. The van der Waals surface area contributed by atoms with Crippen LogP contribution in [0.3, 0.4) is 0 Å². The van der Waals surface area contributed by atoms with E-state index in [2.05, 4.69) is 24.6 Å². The molecule has 2 aliphatic rings. The molecule has 3 heterocycles. The van der Waals surface area contributed by atoms with E-state index in [0.717, 1.165) is 37.3 Å². The van der Waals surface area contributed by atoms with Gasteiger partial charge in [0, 0.05) is 50.6 Å². The number of piperazine rings is 1. The molecule has 0 saturated carbocycles. The number of nitrogens with zero attached hydrogens (tertiary/aromatic N) is 4. The van der Waals surface area contributed by atoms with Crippen LogP contribution in [0, 0.1) is 5.82 Å². The monoisotopic (exact) mass is 537 g/mol. The van der Waals surface area contributed by atoms with Crippen LogP contribution < -0.4 is 10.2 Å². The van der Waals surface area contributed by atoms with Crippen LogP contribution in [0.5, 0.6) is 0 Å². The van der Waals surface area contributed by atoms with Crippen LogP contribution in [0.4, 0.5) is 10.3 Å². The highest BCUT2D eigenvalue weighted by atomic mass is 32.2. The van der Waals surface area contributed by atoms with Gasteiger partial charge in [-0.05, 0) is 42.5 Å². The molecule has 8 nitrogen and oxygen atoms in total. The number of anilines is 1. The minimum Gasteiger partial charge on any atom is -0.472 e. The summed E-state index contributed by atoms with van der Waals surface area (Å²) in [6, 6.07) is 13.8. The molecule has 0 aliphatic carbocycles. The average Bonchev–Trinajstić information content (AvgIpc) is 2.88. The lowest BCUT2D eigenvalue weighted by atomic mass is 9.94. The van der Waals surface area contributed by atoms with Gasteiger partial charge in [0.2, 0.25) is 11.8 Å². The maximum absolute atomic E-state index is 14.2. The number of rotatable bonds is 6. The zero-order valence-corrected chi connectivity index (χ0v) is 22.6. The first-order valence-corrected chi connectivity index (χ1v) is 14.3. The SMILES string of the molecule is C[C@H](CC1=NS(=O)(=O)C(c2ccc(-c3cnc(N4CCNCC4)nc3)cc2)C(C)(C)O1)c1ccccc1F. The number of sulfonamides is 1. The highest BCUT2D eigenvalue weighted by molar-refractivity contribution is 7.90. The number of aromatic nitrogens is 2. The topological polar surface area (TPSA) is 96.8 Å². The smallest absolute Gasteiger partial charge is 0.267 e. The van der Waals surface area contributed by atoms with Gasteiger partial charge in [0.25, 0.3) is 10.0 Å². The van der Waals surface area contributed by atoms with Crippen molar-refractivity contribution in [3.63, 3.8) is 0 Å². The Hall–Kier alpha value is -3.37. The number of hydrogen-bond acceptors (Lipinski definition) is 7. The summed E-state index contributed by atoms with van der Waals surface area (Å²) >= 11 is 0. The Morgan fingerprint density at radius 3 is 2.34 bits per heavy atom. The fourth-order valence-electron chi connectivity index (χ4n) is 5.18. The van der Waals surface area contributed by atoms with E-state index in [-0.39, 0.29) is 24.1 Å². The zero-order valence-electron chi connectivity index (χ0n) is 21.8. The first kappa shape index (κ1) is 26.2. The zero-order chi connectivity index (χ0) is 26.9. The molecular formula is C28H32FN5O3S. The minimum atomic E-state index is -3.93. The molecule has 1 fully saturated rings. The standard InChI is InChI=1S/C28H32FN5O3S/c1-19(23-6-4-5-7-24(23)29)16-25-33-38(35,36)26(28(2,3)37-25)21-10-8-20(9-11-21)22-17-31-27(32-18-22)34-14-12-30-13-15-34/h4-11,17-19,26,30H,12-16H2,1-3H3/t19-,26?/m1/s1. The summed E-state index contributed by atoms with van der Waals surface area (Å²) in [5.41, 5.74) is 1.74. The third-order valence-electron chi connectivity index (χ3n) is 7.04. The Morgan fingerprint density at radius 2 is 1.71 bits per heavy atom. The van der Waals surface area contributed by atoms with Crippen LogP contribution in [-0.2, 0) is 14.8 Å². The van der Waals surface area contributed by atoms with Gasteiger partial charge in [-0.15, -0.1) is 4.40 Å². The molecular weight excluding hydrogens is 505 g/mol. The fourth-order valence-corrected chi connectivity index (χ4v) is 6.94. The quantitative estimate of drug-likeness (QED) is 0.496. The number of halogens is 1. The van der Waals surface area contributed by atoms with Crippen molar-refractivity contribution in [3.05, 3.63) is 77.9 Å². The van der Waals surface area contributed by atoms with Crippen LogP contribution in [0.15, 0.2) is 65.3 Å². The molecule has 1 N–H and O–H groups in total. The number of ether oxygens (including phenoxy) is 1. The number of nitrogens with one attached hydrogen (secondary N) is 1. The van der Waals surface area contributed by atoms with Gasteiger partial charge >= 0.3 is 0 Å². The van der Waals surface area contributed by atoms with Crippen molar-refractivity contribution >= 4 is 21.9 Å². The average molecular weight is 538 g/mol.